The topological polar surface area (TPSA) is 47.7 Å². The van der Waals surface area contributed by atoms with Crippen LogP contribution in [0.15, 0.2) is 42.5 Å². The number of anilines is 2. The molecule has 0 spiro atoms. The van der Waals surface area contributed by atoms with E-state index in [0.29, 0.717) is 13.2 Å². The predicted octanol–water partition coefficient (Wildman–Crippen LogP) is 3.93. The van der Waals surface area contributed by atoms with E-state index >= 15 is 0 Å². The first-order valence-electron chi connectivity index (χ1n) is 8.93. The smallest absolute Gasteiger partial charge is 0.119 e. The molecule has 4 nitrogen and oxygen atoms in total. The average Bonchev–Trinajstić information content (AvgIpc) is 2.69. The third-order valence-corrected chi connectivity index (χ3v) is 4.50. The van der Waals surface area contributed by atoms with Crippen molar-refractivity contribution in [2.75, 3.05) is 39.3 Å². The average molecular weight is 342 g/mol. The summed E-state index contributed by atoms with van der Waals surface area (Å²) in [4.78, 5) is 2.23. The second-order valence-corrected chi connectivity index (χ2v) is 6.05. The fourth-order valence-corrected chi connectivity index (χ4v) is 3.09. The van der Waals surface area contributed by atoms with Crippen LogP contribution >= 0.6 is 0 Å². The third-order valence-electron chi connectivity index (χ3n) is 4.50. The largest absolute Gasteiger partial charge is 0.491 e. The van der Waals surface area contributed by atoms with Gasteiger partial charge in [0.1, 0.15) is 12.4 Å². The number of nitrogens with two attached hydrogens (primary N) is 1. The van der Waals surface area contributed by atoms with Crippen molar-refractivity contribution in [3.05, 3.63) is 53.6 Å². The fourth-order valence-electron chi connectivity index (χ4n) is 3.09. The molecule has 0 heterocycles. The van der Waals surface area contributed by atoms with Crippen molar-refractivity contribution in [3.8, 4) is 5.75 Å². The molecule has 2 aromatic carbocycles. The summed E-state index contributed by atoms with van der Waals surface area (Å²) in [5.74, 6) is 0.879. The van der Waals surface area contributed by atoms with Crippen LogP contribution in [-0.2, 0) is 17.6 Å². The fraction of sp³-hybridized carbons (Fsp3) is 0.429. The van der Waals surface area contributed by atoms with Crippen LogP contribution in [0.2, 0.25) is 0 Å². The highest BCUT2D eigenvalue weighted by Gasteiger charge is 2.12. The molecule has 1 aliphatic carbocycles. The van der Waals surface area contributed by atoms with Crippen LogP contribution in [0.3, 0.4) is 0 Å². The van der Waals surface area contributed by atoms with Gasteiger partial charge in [-0.05, 0) is 80.3 Å². The lowest BCUT2D eigenvalue weighted by Crippen LogP contribution is -2.11. The van der Waals surface area contributed by atoms with Gasteiger partial charge in [0.25, 0.3) is 0 Å². The highest BCUT2D eigenvalue weighted by Crippen LogP contribution is 2.30. The summed E-state index contributed by atoms with van der Waals surface area (Å²) in [6.07, 6.45) is 5.08. The lowest BCUT2D eigenvalue weighted by Gasteiger charge is -2.23. The Labute approximate surface area is 151 Å². The van der Waals surface area contributed by atoms with Crippen molar-refractivity contribution >= 4 is 11.4 Å². The van der Waals surface area contributed by atoms with Crippen molar-refractivity contribution in [3.63, 3.8) is 0 Å². The van der Waals surface area contributed by atoms with Crippen LogP contribution in [0.1, 0.15) is 24.0 Å². The van der Waals surface area contributed by atoms with E-state index in [1.807, 2.05) is 12.1 Å². The van der Waals surface area contributed by atoms with Gasteiger partial charge in [-0.1, -0.05) is 6.07 Å². The Balaban J connectivity index is 0.00000109. The van der Waals surface area contributed by atoms with Crippen molar-refractivity contribution in [2.24, 2.45) is 5.73 Å². The molecule has 0 aromatic heterocycles. The number of methoxy groups -OCH3 is 1. The van der Waals surface area contributed by atoms with Gasteiger partial charge in [-0.2, -0.15) is 0 Å². The number of hydrogen-bond acceptors (Lipinski definition) is 4. The Morgan fingerprint density at radius 3 is 2.20 bits per heavy atom. The molecule has 0 fully saturated rings. The summed E-state index contributed by atoms with van der Waals surface area (Å²) in [7, 11) is 5.30. The first-order chi connectivity index (χ1) is 12.3. The number of aryl methyl sites for hydroxylation is 2. The summed E-state index contributed by atoms with van der Waals surface area (Å²) in [6, 6.07) is 15.1. The molecular weight excluding hydrogens is 312 g/mol. The monoisotopic (exact) mass is 342 g/mol. The van der Waals surface area contributed by atoms with Crippen LogP contribution in [0.4, 0.5) is 11.4 Å². The molecule has 3 rings (SSSR count). The minimum Gasteiger partial charge on any atom is -0.491 e. The van der Waals surface area contributed by atoms with Crippen molar-refractivity contribution in [1.82, 2.24) is 0 Å². The zero-order valence-electron chi connectivity index (χ0n) is 15.6. The summed E-state index contributed by atoms with van der Waals surface area (Å²) in [5, 5.41) is 0. The molecule has 4 heteroatoms. The predicted molar refractivity (Wildman–Crippen MR) is 105 cm³/mol. The number of fused-ring (bicyclic) bond motifs is 1. The lowest BCUT2D eigenvalue weighted by molar-refractivity contribution is 0.146. The molecule has 2 aromatic rings. The molecule has 0 radical (unpaired) electrons. The van der Waals surface area contributed by atoms with Crippen LogP contribution < -0.4 is 15.4 Å². The number of rotatable bonds is 6. The normalized spacial score (nSPS) is 12.6. The van der Waals surface area contributed by atoms with E-state index in [9.17, 15) is 0 Å². The lowest BCUT2D eigenvalue weighted by atomic mass is 9.91. The third kappa shape index (κ3) is 5.21. The second-order valence-electron chi connectivity index (χ2n) is 6.05. The highest BCUT2D eigenvalue weighted by atomic mass is 16.5. The van der Waals surface area contributed by atoms with Crippen molar-refractivity contribution in [2.45, 2.75) is 25.7 Å². The molecule has 136 valence electrons. The van der Waals surface area contributed by atoms with Gasteiger partial charge in [-0.3, -0.25) is 0 Å². The van der Waals surface area contributed by atoms with Gasteiger partial charge in [0.05, 0.1) is 6.61 Å². The van der Waals surface area contributed by atoms with Gasteiger partial charge >= 0.3 is 0 Å². The zero-order valence-corrected chi connectivity index (χ0v) is 15.6. The summed E-state index contributed by atoms with van der Waals surface area (Å²) >= 11 is 0. The number of ether oxygens (including phenoxy) is 2. The molecule has 0 bridgehead atoms. The maximum atomic E-state index is 5.62. The molecule has 0 atom stereocenters. The molecule has 0 aliphatic heterocycles. The minimum atomic E-state index is 0.580. The van der Waals surface area contributed by atoms with E-state index in [1.54, 1.807) is 7.11 Å². The van der Waals surface area contributed by atoms with Gasteiger partial charge < -0.3 is 20.1 Å². The van der Waals surface area contributed by atoms with Gasteiger partial charge in [-0.15, -0.1) is 0 Å². The molecule has 2 N–H and O–H groups in total. The Morgan fingerprint density at radius 2 is 1.52 bits per heavy atom. The van der Waals surface area contributed by atoms with E-state index in [4.69, 9.17) is 9.47 Å². The van der Waals surface area contributed by atoms with E-state index in [-0.39, 0.29) is 0 Å². The van der Waals surface area contributed by atoms with Crippen LogP contribution in [0.25, 0.3) is 0 Å². The Morgan fingerprint density at radius 1 is 0.880 bits per heavy atom. The van der Waals surface area contributed by atoms with E-state index in [0.717, 1.165) is 5.75 Å². The van der Waals surface area contributed by atoms with Crippen LogP contribution in [-0.4, -0.2) is 34.4 Å². The number of nitrogens with zero attached hydrogens (tertiary/aromatic N) is 1. The molecular formula is C21H30N2O2. The van der Waals surface area contributed by atoms with Gasteiger partial charge in [0.15, 0.2) is 0 Å². The van der Waals surface area contributed by atoms with Crippen molar-refractivity contribution in [1.29, 1.82) is 0 Å². The number of benzene rings is 2. The first kappa shape index (κ1) is 19.3. The highest BCUT2D eigenvalue weighted by molar-refractivity contribution is 5.64. The van der Waals surface area contributed by atoms with Crippen LogP contribution in [0.5, 0.6) is 5.75 Å². The Kier molecular flexibility index (Phi) is 7.76. The van der Waals surface area contributed by atoms with E-state index in [2.05, 4.69) is 48.0 Å². The molecule has 0 saturated heterocycles. The maximum absolute atomic E-state index is 5.62. The van der Waals surface area contributed by atoms with Gasteiger partial charge in [0, 0.05) is 25.5 Å². The molecule has 0 saturated carbocycles. The summed E-state index contributed by atoms with van der Waals surface area (Å²) in [6.45, 7) is 1.19. The standard InChI is InChI=1S/C20H25NO2.CH5N/c1-21(18-9-11-20(12-10-18)23-14-13-22-2)19-8-7-16-5-3-4-6-17(16)15-19;1-2/h7-12,15H,3-6,13-14H2,1-2H3;2H2,1H3. The molecule has 0 amide bonds. The minimum absolute atomic E-state index is 0.580. The SMILES string of the molecule is CN.COCCOc1ccc(N(C)c2ccc3c(c2)CCCC3)cc1. The molecule has 1 aliphatic rings. The quantitative estimate of drug-likeness (QED) is 0.808. The van der Waals surface area contributed by atoms with Crippen LogP contribution in [0, 0.1) is 0 Å². The molecule has 25 heavy (non-hydrogen) atoms. The van der Waals surface area contributed by atoms with Gasteiger partial charge in [0.2, 0.25) is 0 Å². The zero-order chi connectivity index (χ0) is 18.1. The van der Waals surface area contributed by atoms with Gasteiger partial charge in [-0.25, -0.2) is 0 Å². The Hall–Kier alpha value is -2.04. The Bertz CT molecular complexity index is 641. The second kappa shape index (κ2) is 10.1. The van der Waals surface area contributed by atoms with E-state index in [1.165, 1.54) is 55.2 Å². The maximum Gasteiger partial charge on any atom is 0.119 e. The van der Waals surface area contributed by atoms with Crippen molar-refractivity contribution < 1.29 is 9.47 Å². The summed E-state index contributed by atoms with van der Waals surface area (Å²) < 4.78 is 10.6. The van der Waals surface area contributed by atoms with E-state index < -0.39 is 0 Å². The molecule has 0 unspecified atom stereocenters. The first-order valence-corrected chi connectivity index (χ1v) is 8.93. The number of hydrogen-bond donors (Lipinski definition) is 1. The summed E-state index contributed by atoms with van der Waals surface area (Å²) in [5.41, 5.74) is 9.95.